The molecule has 15 heavy (non-hydrogen) atoms. The van der Waals surface area contributed by atoms with Crippen LogP contribution < -0.4 is 0 Å². The number of ketones is 2. The number of carbonyl (C=O) groups is 2. The fourth-order valence-electron chi connectivity index (χ4n) is 0.973. The smallest absolute Gasteiger partial charge is 0.221 e. The number of carbonyl (C=O) groups excluding carboxylic acids is 2. The summed E-state index contributed by atoms with van der Waals surface area (Å²) >= 11 is 0. The van der Waals surface area contributed by atoms with E-state index in [0.29, 0.717) is 5.57 Å². The van der Waals surface area contributed by atoms with Crippen molar-refractivity contribution in [2.75, 3.05) is 7.11 Å². The second-order valence-electron chi connectivity index (χ2n) is 3.03. The van der Waals surface area contributed by atoms with Crippen molar-refractivity contribution in [1.82, 2.24) is 0 Å². The summed E-state index contributed by atoms with van der Waals surface area (Å²) in [6.07, 6.45) is 2.32. The number of hydrogen-bond donors (Lipinski definition) is 0. The molecule has 0 aromatic carbocycles. The molecule has 0 fully saturated rings. The monoisotopic (exact) mass is 202 g/mol. The van der Waals surface area contributed by atoms with E-state index >= 15 is 0 Å². The van der Waals surface area contributed by atoms with E-state index in [1.165, 1.54) is 13.2 Å². The molecule has 0 bridgehead atoms. The second-order valence-corrected chi connectivity index (χ2v) is 3.03. The van der Waals surface area contributed by atoms with Crippen LogP contribution in [0.5, 0.6) is 0 Å². The van der Waals surface area contributed by atoms with Crippen molar-refractivity contribution in [3.63, 3.8) is 0 Å². The SMILES string of the molecule is C=C(C)C#CC1=CC(=O)C(OC)=CC1=O. The topological polar surface area (TPSA) is 43.4 Å². The van der Waals surface area contributed by atoms with Gasteiger partial charge in [0, 0.05) is 12.2 Å². The van der Waals surface area contributed by atoms with Crippen LogP contribution >= 0.6 is 0 Å². The summed E-state index contributed by atoms with van der Waals surface area (Å²) in [6, 6.07) is 0. The van der Waals surface area contributed by atoms with Gasteiger partial charge in [-0.15, -0.1) is 0 Å². The fraction of sp³-hybridized carbons (Fsp3) is 0.167. The molecule has 1 rings (SSSR count). The van der Waals surface area contributed by atoms with Crippen LogP contribution in [0.15, 0.2) is 35.6 Å². The first-order valence-electron chi connectivity index (χ1n) is 4.28. The van der Waals surface area contributed by atoms with Gasteiger partial charge in [-0.2, -0.15) is 0 Å². The van der Waals surface area contributed by atoms with Crippen molar-refractivity contribution in [3.05, 3.63) is 35.6 Å². The molecule has 0 atom stereocenters. The Morgan fingerprint density at radius 1 is 1.33 bits per heavy atom. The Hall–Kier alpha value is -2.08. The zero-order chi connectivity index (χ0) is 11.4. The molecule has 0 aromatic rings. The van der Waals surface area contributed by atoms with Gasteiger partial charge in [0.2, 0.25) is 5.78 Å². The summed E-state index contributed by atoms with van der Waals surface area (Å²) in [5.74, 6) is 4.61. The van der Waals surface area contributed by atoms with Gasteiger partial charge in [0.25, 0.3) is 0 Å². The van der Waals surface area contributed by atoms with E-state index in [1.54, 1.807) is 6.92 Å². The van der Waals surface area contributed by atoms with Crippen LogP contribution in [0.3, 0.4) is 0 Å². The number of methoxy groups -OCH3 is 1. The molecule has 3 nitrogen and oxygen atoms in total. The highest BCUT2D eigenvalue weighted by molar-refractivity contribution is 6.21. The minimum atomic E-state index is -0.344. The largest absolute Gasteiger partial charge is 0.493 e. The second kappa shape index (κ2) is 4.43. The summed E-state index contributed by atoms with van der Waals surface area (Å²) in [6.45, 7) is 5.30. The van der Waals surface area contributed by atoms with E-state index in [2.05, 4.69) is 18.4 Å². The highest BCUT2D eigenvalue weighted by Crippen LogP contribution is 2.11. The van der Waals surface area contributed by atoms with Gasteiger partial charge in [-0.25, -0.2) is 0 Å². The van der Waals surface area contributed by atoms with E-state index in [9.17, 15) is 9.59 Å². The molecule has 76 valence electrons. The summed E-state index contributed by atoms with van der Waals surface area (Å²) < 4.78 is 4.73. The van der Waals surface area contributed by atoms with Crippen LogP contribution in [0.2, 0.25) is 0 Å². The zero-order valence-corrected chi connectivity index (χ0v) is 8.59. The van der Waals surface area contributed by atoms with Crippen LogP contribution in [0.25, 0.3) is 0 Å². The van der Waals surface area contributed by atoms with Crippen LogP contribution in [0.1, 0.15) is 6.92 Å². The Kier molecular flexibility index (Phi) is 3.25. The van der Waals surface area contributed by atoms with Crippen molar-refractivity contribution in [2.45, 2.75) is 6.92 Å². The van der Waals surface area contributed by atoms with E-state index in [0.717, 1.165) is 6.08 Å². The van der Waals surface area contributed by atoms with Crippen molar-refractivity contribution in [1.29, 1.82) is 0 Å². The third-order valence-corrected chi connectivity index (χ3v) is 1.68. The molecule has 0 heterocycles. The standard InChI is InChI=1S/C12H10O3/c1-8(2)4-5-9-6-11(14)12(15-3)7-10(9)13/h6-7H,1H2,2-3H3. The number of rotatable bonds is 1. The molecule has 1 aliphatic rings. The van der Waals surface area contributed by atoms with Crippen molar-refractivity contribution < 1.29 is 14.3 Å². The Bertz CT molecular complexity index is 453. The van der Waals surface area contributed by atoms with Crippen LogP contribution in [-0.4, -0.2) is 18.7 Å². The summed E-state index contributed by atoms with van der Waals surface area (Å²) in [7, 11) is 1.34. The molecule has 0 N–H and O–H groups in total. The van der Waals surface area contributed by atoms with Crippen molar-refractivity contribution >= 4 is 11.6 Å². The number of ether oxygens (including phenoxy) is 1. The Morgan fingerprint density at radius 2 is 2.00 bits per heavy atom. The Balaban J connectivity index is 2.99. The molecule has 0 saturated carbocycles. The van der Waals surface area contributed by atoms with E-state index in [4.69, 9.17) is 4.74 Å². The van der Waals surface area contributed by atoms with Crippen molar-refractivity contribution in [2.24, 2.45) is 0 Å². The fourth-order valence-corrected chi connectivity index (χ4v) is 0.973. The first kappa shape index (κ1) is 11.0. The maximum atomic E-state index is 11.4. The lowest BCUT2D eigenvalue weighted by molar-refractivity contribution is -0.117. The van der Waals surface area contributed by atoms with Crippen LogP contribution in [0.4, 0.5) is 0 Å². The Morgan fingerprint density at radius 3 is 2.53 bits per heavy atom. The van der Waals surface area contributed by atoms with Gasteiger partial charge in [-0.3, -0.25) is 9.59 Å². The van der Waals surface area contributed by atoms with Gasteiger partial charge >= 0.3 is 0 Å². The van der Waals surface area contributed by atoms with Gasteiger partial charge in [0.05, 0.1) is 12.7 Å². The van der Waals surface area contributed by atoms with Crippen LogP contribution in [0, 0.1) is 11.8 Å². The zero-order valence-electron chi connectivity index (χ0n) is 8.59. The van der Waals surface area contributed by atoms with Gasteiger partial charge < -0.3 is 4.74 Å². The highest BCUT2D eigenvalue weighted by Gasteiger charge is 2.19. The molecule has 0 aromatic heterocycles. The predicted molar refractivity (Wildman–Crippen MR) is 55.8 cm³/mol. The summed E-state index contributed by atoms with van der Waals surface area (Å²) in [4.78, 5) is 22.7. The van der Waals surface area contributed by atoms with Crippen LogP contribution in [-0.2, 0) is 14.3 Å². The number of allylic oxidation sites excluding steroid dienone is 4. The maximum absolute atomic E-state index is 11.4. The van der Waals surface area contributed by atoms with E-state index in [-0.39, 0.29) is 22.9 Å². The molecule has 0 unspecified atom stereocenters. The normalized spacial score (nSPS) is 14.8. The molecule has 0 radical (unpaired) electrons. The molecule has 0 spiro atoms. The predicted octanol–water partition coefficient (Wildman–Crippen LogP) is 1.17. The van der Waals surface area contributed by atoms with E-state index < -0.39 is 0 Å². The molecular weight excluding hydrogens is 192 g/mol. The van der Waals surface area contributed by atoms with Crippen molar-refractivity contribution in [3.8, 4) is 11.8 Å². The minimum Gasteiger partial charge on any atom is -0.493 e. The maximum Gasteiger partial charge on any atom is 0.221 e. The lowest BCUT2D eigenvalue weighted by atomic mass is 10.0. The molecule has 3 heteroatoms. The first-order valence-corrected chi connectivity index (χ1v) is 4.28. The average Bonchev–Trinajstić information content (AvgIpc) is 2.18. The molecule has 1 aliphatic carbocycles. The highest BCUT2D eigenvalue weighted by atomic mass is 16.5. The van der Waals surface area contributed by atoms with Gasteiger partial charge in [-0.05, 0) is 12.5 Å². The molecule has 0 aliphatic heterocycles. The summed E-state index contributed by atoms with van der Waals surface area (Å²) in [5, 5.41) is 0. The summed E-state index contributed by atoms with van der Waals surface area (Å²) in [5.41, 5.74) is 0.807. The Labute approximate surface area is 88.1 Å². The third-order valence-electron chi connectivity index (χ3n) is 1.68. The first-order chi connectivity index (χ1) is 7.04. The molecular formula is C12H10O3. The number of hydrogen-bond acceptors (Lipinski definition) is 3. The molecule has 0 saturated heterocycles. The molecule has 0 amide bonds. The lowest BCUT2D eigenvalue weighted by Crippen LogP contribution is -2.13. The van der Waals surface area contributed by atoms with E-state index in [1.807, 2.05) is 0 Å². The average molecular weight is 202 g/mol. The minimum absolute atomic E-state index is 0.0425. The van der Waals surface area contributed by atoms with Gasteiger partial charge in [0.15, 0.2) is 11.5 Å². The van der Waals surface area contributed by atoms with Gasteiger partial charge in [0.1, 0.15) is 0 Å². The quantitative estimate of drug-likeness (QED) is 0.473. The lowest BCUT2D eigenvalue weighted by Gasteiger charge is -2.06. The third kappa shape index (κ3) is 2.68. The van der Waals surface area contributed by atoms with Gasteiger partial charge in [-0.1, -0.05) is 18.4 Å².